The molecule has 0 aromatic carbocycles. The van der Waals surface area contributed by atoms with Gasteiger partial charge in [-0.25, -0.2) is 0 Å². The van der Waals surface area contributed by atoms with Crippen LogP contribution in [0, 0.1) is 13.8 Å². The van der Waals surface area contributed by atoms with Crippen molar-refractivity contribution in [1.82, 2.24) is 15.4 Å². The van der Waals surface area contributed by atoms with Gasteiger partial charge in [0.05, 0.1) is 12.1 Å². The van der Waals surface area contributed by atoms with Crippen molar-refractivity contribution in [1.29, 1.82) is 0 Å². The van der Waals surface area contributed by atoms with Crippen molar-refractivity contribution < 1.29 is 9.32 Å². The quantitative estimate of drug-likeness (QED) is 0.820. The summed E-state index contributed by atoms with van der Waals surface area (Å²) < 4.78 is 5.08. The first-order chi connectivity index (χ1) is 8.09. The first-order valence-electron chi connectivity index (χ1n) is 6.01. The van der Waals surface area contributed by atoms with Gasteiger partial charge >= 0.3 is 0 Å². The second-order valence-corrected chi connectivity index (χ2v) is 4.62. The second kappa shape index (κ2) is 4.87. The summed E-state index contributed by atoms with van der Waals surface area (Å²) in [4.78, 5) is 14.1. The zero-order valence-corrected chi connectivity index (χ0v) is 10.6. The van der Waals surface area contributed by atoms with E-state index in [1.807, 2.05) is 18.7 Å². The van der Waals surface area contributed by atoms with Crippen LogP contribution in [0.4, 0.5) is 0 Å². The Balaban J connectivity index is 2.06. The fraction of sp³-hybridized carbons (Fsp3) is 0.667. The topological polar surface area (TPSA) is 58.4 Å². The van der Waals surface area contributed by atoms with E-state index in [0.717, 1.165) is 36.7 Å². The van der Waals surface area contributed by atoms with Crippen molar-refractivity contribution in [3.63, 3.8) is 0 Å². The lowest BCUT2D eigenvalue weighted by atomic mass is 10.1. The van der Waals surface area contributed by atoms with Gasteiger partial charge in [0.2, 0.25) is 5.91 Å². The molecule has 1 amide bonds. The van der Waals surface area contributed by atoms with Crippen molar-refractivity contribution in [2.45, 2.75) is 33.2 Å². The highest BCUT2D eigenvalue weighted by Crippen LogP contribution is 2.15. The third-order valence-corrected chi connectivity index (χ3v) is 3.33. The summed E-state index contributed by atoms with van der Waals surface area (Å²) in [5.74, 6) is 0.909. The van der Waals surface area contributed by atoms with Gasteiger partial charge < -0.3 is 14.7 Å². The van der Waals surface area contributed by atoms with E-state index in [4.69, 9.17) is 4.52 Å². The Bertz CT molecular complexity index is 394. The molecule has 0 spiro atoms. The number of carbonyl (C=O) groups excluding carboxylic acids is 1. The van der Waals surface area contributed by atoms with Crippen molar-refractivity contribution in [3.8, 4) is 0 Å². The van der Waals surface area contributed by atoms with Crippen LogP contribution < -0.4 is 5.32 Å². The normalized spacial score (nSPS) is 20.6. The van der Waals surface area contributed by atoms with Gasteiger partial charge in [0.15, 0.2) is 0 Å². The number of rotatable bonds is 2. The molecule has 1 atom stereocenters. The van der Waals surface area contributed by atoms with Crippen LogP contribution in [0.3, 0.4) is 0 Å². The Hall–Kier alpha value is -1.36. The molecule has 1 aromatic rings. The lowest BCUT2D eigenvalue weighted by Gasteiger charge is -2.34. The van der Waals surface area contributed by atoms with Crippen LogP contribution in [0.15, 0.2) is 4.52 Å². The SMILES string of the molecule is Cc1noc(C)c1CC(=O)N1CCNCC1C. The fourth-order valence-electron chi connectivity index (χ4n) is 2.22. The summed E-state index contributed by atoms with van der Waals surface area (Å²) in [6.07, 6.45) is 0.394. The smallest absolute Gasteiger partial charge is 0.227 e. The van der Waals surface area contributed by atoms with Crippen LogP contribution in [0.2, 0.25) is 0 Å². The van der Waals surface area contributed by atoms with Gasteiger partial charge in [-0.1, -0.05) is 5.16 Å². The van der Waals surface area contributed by atoms with E-state index in [9.17, 15) is 4.79 Å². The van der Waals surface area contributed by atoms with Crippen LogP contribution in [-0.4, -0.2) is 41.6 Å². The molecule has 17 heavy (non-hydrogen) atoms. The van der Waals surface area contributed by atoms with Crippen LogP contribution >= 0.6 is 0 Å². The van der Waals surface area contributed by atoms with Gasteiger partial charge in [0.25, 0.3) is 0 Å². The molecule has 1 aromatic heterocycles. The third kappa shape index (κ3) is 2.49. The lowest BCUT2D eigenvalue weighted by Crippen LogP contribution is -2.52. The zero-order valence-electron chi connectivity index (χ0n) is 10.6. The van der Waals surface area contributed by atoms with Gasteiger partial charge in [-0.3, -0.25) is 4.79 Å². The van der Waals surface area contributed by atoms with E-state index >= 15 is 0 Å². The van der Waals surface area contributed by atoms with Gasteiger partial charge in [-0.15, -0.1) is 0 Å². The molecule has 94 valence electrons. The summed E-state index contributed by atoms with van der Waals surface area (Å²) in [7, 11) is 0. The van der Waals surface area contributed by atoms with Crippen molar-refractivity contribution in [2.75, 3.05) is 19.6 Å². The number of aromatic nitrogens is 1. The maximum Gasteiger partial charge on any atom is 0.227 e. The van der Waals surface area contributed by atoms with Gasteiger partial charge in [0, 0.05) is 31.2 Å². The Morgan fingerprint density at radius 2 is 2.35 bits per heavy atom. The Morgan fingerprint density at radius 3 is 2.94 bits per heavy atom. The average Bonchev–Trinajstić information content (AvgIpc) is 2.61. The summed E-state index contributed by atoms with van der Waals surface area (Å²) in [6.45, 7) is 8.32. The molecule has 0 radical (unpaired) electrons. The molecule has 1 N–H and O–H groups in total. The van der Waals surface area contributed by atoms with Crippen molar-refractivity contribution in [2.24, 2.45) is 0 Å². The number of amides is 1. The van der Waals surface area contributed by atoms with E-state index in [1.54, 1.807) is 0 Å². The first kappa shape index (κ1) is 12.1. The minimum absolute atomic E-state index is 0.161. The summed E-state index contributed by atoms with van der Waals surface area (Å²) >= 11 is 0. The number of nitrogens with one attached hydrogen (secondary N) is 1. The van der Waals surface area contributed by atoms with Crippen LogP contribution in [-0.2, 0) is 11.2 Å². The monoisotopic (exact) mass is 237 g/mol. The summed E-state index contributed by atoms with van der Waals surface area (Å²) in [5, 5.41) is 7.15. The highest BCUT2D eigenvalue weighted by Gasteiger charge is 2.24. The maximum atomic E-state index is 12.2. The molecule has 2 heterocycles. The van der Waals surface area contributed by atoms with Gasteiger partial charge in [-0.05, 0) is 20.8 Å². The van der Waals surface area contributed by atoms with E-state index in [-0.39, 0.29) is 11.9 Å². The zero-order chi connectivity index (χ0) is 12.4. The average molecular weight is 237 g/mol. The molecule has 0 saturated carbocycles. The molecular formula is C12H19N3O2. The van der Waals surface area contributed by atoms with Crippen LogP contribution in [0.1, 0.15) is 23.9 Å². The summed E-state index contributed by atoms with van der Waals surface area (Å²) in [5.41, 5.74) is 1.75. The Kier molecular flexibility index (Phi) is 3.47. The van der Waals surface area contributed by atoms with Crippen molar-refractivity contribution >= 4 is 5.91 Å². The van der Waals surface area contributed by atoms with Crippen LogP contribution in [0.5, 0.6) is 0 Å². The minimum Gasteiger partial charge on any atom is -0.361 e. The predicted molar refractivity (Wildman–Crippen MR) is 63.7 cm³/mol. The van der Waals surface area contributed by atoms with Gasteiger partial charge in [0.1, 0.15) is 5.76 Å². The minimum atomic E-state index is 0.161. The van der Waals surface area contributed by atoms with E-state index in [0.29, 0.717) is 6.42 Å². The predicted octanol–water partition coefficient (Wildman–Crippen LogP) is 0.654. The highest BCUT2D eigenvalue weighted by molar-refractivity contribution is 5.79. The van der Waals surface area contributed by atoms with E-state index < -0.39 is 0 Å². The molecule has 1 saturated heterocycles. The number of aryl methyl sites for hydroxylation is 2. The Morgan fingerprint density at radius 1 is 1.59 bits per heavy atom. The number of nitrogens with zero attached hydrogens (tertiary/aromatic N) is 2. The molecule has 1 unspecified atom stereocenters. The standard InChI is InChI=1S/C12H19N3O2/c1-8-7-13-4-5-15(8)12(16)6-11-9(2)14-17-10(11)3/h8,13H,4-7H2,1-3H3. The summed E-state index contributed by atoms with van der Waals surface area (Å²) in [6, 6.07) is 0.261. The van der Waals surface area contributed by atoms with E-state index in [2.05, 4.69) is 17.4 Å². The fourth-order valence-corrected chi connectivity index (χ4v) is 2.22. The molecule has 5 nitrogen and oxygen atoms in total. The van der Waals surface area contributed by atoms with Crippen LogP contribution in [0.25, 0.3) is 0 Å². The molecule has 1 aliphatic heterocycles. The molecular weight excluding hydrogens is 218 g/mol. The number of hydrogen-bond donors (Lipinski definition) is 1. The number of hydrogen-bond acceptors (Lipinski definition) is 4. The number of carbonyl (C=O) groups is 1. The van der Waals surface area contributed by atoms with Crippen molar-refractivity contribution in [3.05, 3.63) is 17.0 Å². The largest absolute Gasteiger partial charge is 0.361 e. The molecule has 0 aliphatic carbocycles. The lowest BCUT2D eigenvalue weighted by molar-refractivity contribution is -0.133. The number of piperazine rings is 1. The molecule has 1 fully saturated rings. The van der Waals surface area contributed by atoms with Gasteiger partial charge in [-0.2, -0.15) is 0 Å². The highest BCUT2D eigenvalue weighted by atomic mass is 16.5. The second-order valence-electron chi connectivity index (χ2n) is 4.62. The van der Waals surface area contributed by atoms with E-state index in [1.165, 1.54) is 0 Å². The molecule has 5 heteroatoms. The first-order valence-corrected chi connectivity index (χ1v) is 6.01. The Labute approximate surface area is 101 Å². The molecule has 0 bridgehead atoms. The molecule has 1 aliphatic rings. The molecule has 2 rings (SSSR count). The maximum absolute atomic E-state index is 12.2. The third-order valence-electron chi connectivity index (χ3n) is 3.33.